The first-order valence-corrected chi connectivity index (χ1v) is 14.8. The molecule has 2 heterocycles. The third kappa shape index (κ3) is 5.36. The molecule has 1 atom stereocenters. The van der Waals surface area contributed by atoms with Gasteiger partial charge in [0.05, 0.1) is 28.8 Å². The number of rotatable bonds is 8. The van der Waals surface area contributed by atoms with E-state index in [1.54, 1.807) is 35.4 Å². The molecule has 4 rings (SSSR count). The lowest BCUT2D eigenvalue weighted by Gasteiger charge is -2.21. The monoisotopic (exact) mass is 549 g/mol. The zero-order valence-corrected chi connectivity index (χ0v) is 22.6. The van der Waals surface area contributed by atoms with E-state index in [1.165, 1.54) is 34.9 Å². The Kier molecular flexibility index (Phi) is 8.18. The van der Waals surface area contributed by atoms with E-state index < -0.39 is 27.9 Å². The van der Waals surface area contributed by atoms with Gasteiger partial charge >= 0.3 is 5.97 Å². The first kappa shape index (κ1) is 26.4. The van der Waals surface area contributed by atoms with Crippen LogP contribution in [0.15, 0.2) is 57.2 Å². The second-order valence-electron chi connectivity index (χ2n) is 8.01. The van der Waals surface area contributed by atoms with E-state index in [2.05, 4.69) is 4.99 Å². The van der Waals surface area contributed by atoms with Crippen LogP contribution in [-0.4, -0.2) is 61.7 Å². The maximum Gasteiger partial charge on any atom is 0.326 e. The van der Waals surface area contributed by atoms with Gasteiger partial charge in [0.25, 0.3) is 5.91 Å². The predicted molar refractivity (Wildman–Crippen MR) is 139 cm³/mol. The number of thioether (sulfide) groups is 1. The highest BCUT2D eigenvalue weighted by Crippen LogP contribution is 2.28. The van der Waals surface area contributed by atoms with Gasteiger partial charge in [-0.25, -0.2) is 8.42 Å². The highest BCUT2D eigenvalue weighted by atomic mass is 32.2. The molecule has 12 heteroatoms. The quantitative estimate of drug-likeness (QED) is 0.314. The van der Waals surface area contributed by atoms with Crippen LogP contribution < -0.4 is 9.54 Å². The molecule has 1 saturated heterocycles. The second-order valence-corrected chi connectivity index (χ2v) is 11.8. The zero-order valence-electron chi connectivity index (χ0n) is 20.2. The summed E-state index contributed by atoms with van der Waals surface area (Å²) in [7, 11) is -2.40. The third-order valence-electron chi connectivity index (χ3n) is 5.84. The van der Waals surface area contributed by atoms with Crippen molar-refractivity contribution in [1.29, 1.82) is 0 Å². The van der Waals surface area contributed by atoms with E-state index >= 15 is 0 Å². The molecule has 2 aromatic carbocycles. The SMILES string of the molecule is CCOC(=O)Cn1c(=NC(=O)C2CCCN2S(=O)(=O)c2ccc(OC)cc2)sc2cc(SC)ccc21. The van der Waals surface area contributed by atoms with E-state index in [4.69, 9.17) is 9.47 Å². The van der Waals surface area contributed by atoms with Gasteiger partial charge in [-0.3, -0.25) is 9.59 Å². The van der Waals surface area contributed by atoms with Gasteiger partial charge < -0.3 is 14.0 Å². The Balaban J connectivity index is 1.71. The lowest BCUT2D eigenvalue weighted by Crippen LogP contribution is -2.40. The molecule has 1 aliphatic heterocycles. The highest BCUT2D eigenvalue weighted by molar-refractivity contribution is 7.98. The fraction of sp³-hybridized carbons (Fsp3) is 0.375. The Hall–Kier alpha value is -2.67. The van der Waals surface area contributed by atoms with Gasteiger partial charge in [-0.05, 0) is 68.5 Å². The predicted octanol–water partition coefficient (Wildman–Crippen LogP) is 3.28. The molecule has 1 aromatic heterocycles. The van der Waals surface area contributed by atoms with Crippen molar-refractivity contribution in [3.05, 3.63) is 47.3 Å². The summed E-state index contributed by atoms with van der Waals surface area (Å²) in [5.41, 5.74) is 0.756. The molecule has 3 aromatic rings. The summed E-state index contributed by atoms with van der Waals surface area (Å²) in [6.07, 6.45) is 2.89. The van der Waals surface area contributed by atoms with Crippen molar-refractivity contribution in [3.63, 3.8) is 0 Å². The zero-order chi connectivity index (χ0) is 25.9. The average Bonchev–Trinajstić information content (AvgIpc) is 3.50. The Morgan fingerprint density at radius 3 is 2.61 bits per heavy atom. The number of ether oxygens (including phenoxy) is 2. The maximum atomic E-state index is 13.3. The topological polar surface area (TPSA) is 107 Å². The molecule has 0 N–H and O–H groups in total. The molecule has 1 unspecified atom stereocenters. The Bertz CT molecular complexity index is 1440. The molecule has 0 aliphatic carbocycles. The van der Waals surface area contributed by atoms with Crippen molar-refractivity contribution in [1.82, 2.24) is 8.87 Å². The number of hydrogen-bond acceptors (Lipinski definition) is 8. The van der Waals surface area contributed by atoms with Crippen molar-refractivity contribution in [2.24, 2.45) is 4.99 Å². The number of carbonyl (C=O) groups is 2. The summed E-state index contributed by atoms with van der Waals surface area (Å²) < 4.78 is 40.6. The van der Waals surface area contributed by atoms with Crippen molar-refractivity contribution >= 4 is 55.2 Å². The first-order valence-electron chi connectivity index (χ1n) is 11.4. The van der Waals surface area contributed by atoms with Gasteiger partial charge in [0.1, 0.15) is 18.3 Å². The largest absolute Gasteiger partial charge is 0.497 e. The number of aromatic nitrogens is 1. The van der Waals surface area contributed by atoms with Gasteiger partial charge in [-0.15, -0.1) is 11.8 Å². The minimum absolute atomic E-state index is 0.0897. The molecular formula is C24H27N3O6S3. The number of benzene rings is 2. The summed E-state index contributed by atoms with van der Waals surface area (Å²) in [6, 6.07) is 11.0. The van der Waals surface area contributed by atoms with E-state index in [0.29, 0.717) is 23.4 Å². The lowest BCUT2D eigenvalue weighted by molar-refractivity contribution is -0.143. The molecule has 9 nitrogen and oxygen atoms in total. The van der Waals surface area contributed by atoms with Crippen molar-refractivity contribution in [3.8, 4) is 5.75 Å². The van der Waals surface area contributed by atoms with Crippen LogP contribution in [-0.2, 0) is 30.9 Å². The second kappa shape index (κ2) is 11.2. The summed E-state index contributed by atoms with van der Waals surface area (Å²) in [5, 5.41) is 0. The third-order valence-corrected chi connectivity index (χ3v) is 9.53. The average molecular weight is 550 g/mol. The number of thiazole rings is 1. The highest BCUT2D eigenvalue weighted by Gasteiger charge is 2.39. The minimum atomic E-state index is -3.90. The van der Waals surface area contributed by atoms with Crippen LogP contribution >= 0.6 is 23.1 Å². The Labute approximate surface area is 217 Å². The van der Waals surface area contributed by atoms with Gasteiger partial charge in [0.2, 0.25) is 10.0 Å². The van der Waals surface area contributed by atoms with Crippen molar-refractivity contribution in [2.75, 3.05) is 26.5 Å². The van der Waals surface area contributed by atoms with E-state index in [0.717, 1.165) is 15.1 Å². The number of nitrogens with zero attached hydrogens (tertiary/aromatic N) is 3. The van der Waals surface area contributed by atoms with E-state index in [9.17, 15) is 18.0 Å². The summed E-state index contributed by atoms with van der Waals surface area (Å²) in [6.45, 7) is 2.10. The van der Waals surface area contributed by atoms with E-state index in [-0.39, 0.29) is 24.6 Å². The first-order chi connectivity index (χ1) is 17.3. The molecule has 0 saturated carbocycles. The van der Waals surface area contributed by atoms with Crippen LogP contribution in [0.5, 0.6) is 5.75 Å². The van der Waals surface area contributed by atoms with Crippen LogP contribution in [0.4, 0.5) is 0 Å². The van der Waals surface area contributed by atoms with Crippen LogP contribution in [0.1, 0.15) is 19.8 Å². The maximum absolute atomic E-state index is 13.3. The summed E-state index contributed by atoms with van der Waals surface area (Å²) in [5.74, 6) is -0.456. The number of amides is 1. The number of hydrogen-bond donors (Lipinski definition) is 0. The van der Waals surface area contributed by atoms with Crippen LogP contribution in [0.2, 0.25) is 0 Å². The van der Waals surface area contributed by atoms with Crippen molar-refractivity contribution < 1.29 is 27.5 Å². The van der Waals surface area contributed by atoms with Crippen LogP contribution in [0, 0.1) is 0 Å². The molecule has 192 valence electrons. The molecule has 36 heavy (non-hydrogen) atoms. The normalized spacial score (nSPS) is 17.0. The molecule has 0 spiro atoms. The van der Waals surface area contributed by atoms with Crippen LogP contribution in [0.25, 0.3) is 10.2 Å². The van der Waals surface area contributed by atoms with Crippen molar-refractivity contribution in [2.45, 2.75) is 42.1 Å². The number of carbonyl (C=O) groups excluding carboxylic acids is 2. The molecule has 1 fully saturated rings. The Morgan fingerprint density at radius 2 is 1.94 bits per heavy atom. The number of esters is 1. The summed E-state index contributed by atoms with van der Waals surface area (Å²) >= 11 is 2.87. The molecule has 1 aliphatic rings. The number of methoxy groups -OCH3 is 1. The molecule has 1 amide bonds. The fourth-order valence-corrected chi connectivity index (χ4v) is 7.32. The van der Waals surface area contributed by atoms with Crippen LogP contribution in [0.3, 0.4) is 0 Å². The van der Waals surface area contributed by atoms with E-state index in [1.807, 2.05) is 24.5 Å². The summed E-state index contributed by atoms with van der Waals surface area (Å²) in [4.78, 5) is 31.4. The molecular weight excluding hydrogens is 522 g/mol. The van der Waals surface area contributed by atoms with Gasteiger partial charge in [-0.1, -0.05) is 11.3 Å². The number of fused-ring (bicyclic) bond motifs is 1. The lowest BCUT2D eigenvalue weighted by atomic mass is 10.2. The molecule has 0 bridgehead atoms. The molecule has 0 radical (unpaired) electrons. The Morgan fingerprint density at radius 1 is 1.19 bits per heavy atom. The van der Waals surface area contributed by atoms with Gasteiger partial charge in [-0.2, -0.15) is 9.30 Å². The van der Waals surface area contributed by atoms with Gasteiger partial charge in [0, 0.05) is 11.4 Å². The number of sulfonamides is 1. The standard InChI is InChI=1S/C24H27N3O6S3/c1-4-33-22(28)15-26-19-12-9-17(34-3)14-21(19)35-24(26)25-23(29)20-6-5-13-27(20)36(30,31)18-10-7-16(32-2)8-11-18/h7-12,14,20H,4-6,13,15H2,1-3H3. The minimum Gasteiger partial charge on any atom is -0.497 e. The fourth-order valence-electron chi connectivity index (χ4n) is 4.08. The van der Waals surface area contributed by atoms with Gasteiger partial charge in [0.15, 0.2) is 4.80 Å². The smallest absolute Gasteiger partial charge is 0.326 e.